The molecule has 0 unspecified atom stereocenters. The normalized spacial score (nSPS) is 17.9. The van der Waals surface area contributed by atoms with Crippen LogP contribution in [0.4, 0.5) is 5.69 Å². The molecule has 1 aliphatic rings. The Hall–Kier alpha value is -1.95. The van der Waals surface area contributed by atoms with E-state index in [4.69, 9.17) is 16.6 Å². The lowest BCUT2D eigenvalue weighted by atomic mass is 9.99. The van der Waals surface area contributed by atoms with Gasteiger partial charge in [0.05, 0.1) is 21.8 Å². The molecule has 27 heavy (non-hydrogen) atoms. The molecule has 140 valence electrons. The van der Waals surface area contributed by atoms with Crippen molar-refractivity contribution in [2.45, 2.75) is 25.7 Å². The maximum atomic E-state index is 12.5. The van der Waals surface area contributed by atoms with E-state index in [-0.39, 0.29) is 5.91 Å². The number of aromatic nitrogens is 1. The molecule has 1 aliphatic heterocycles. The third kappa shape index (κ3) is 4.32. The molecule has 4 rings (SSSR count). The van der Waals surface area contributed by atoms with Gasteiger partial charge in [0, 0.05) is 23.2 Å². The number of halogens is 1. The lowest BCUT2D eigenvalue weighted by molar-refractivity contribution is -0.117. The fourth-order valence-corrected chi connectivity index (χ4v) is 4.95. The number of anilines is 1. The molecule has 1 aromatic heterocycles. The van der Waals surface area contributed by atoms with Crippen molar-refractivity contribution >= 4 is 44.7 Å². The summed E-state index contributed by atoms with van der Waals surface area (Å²) >= 11 is 7.77. The van der Waals surface area contributed by atoms with Crippen LogP contribution in [0.15, 0.2) is 42.5 Å². The predicted molar refractivity (Wildman–Crippen MR) is 113 cm³/mol. The molecule has 2 heterocycles. The molecule has 1 N–H and O–H groups in total. The van der Waals surface area contributed by atoms with Crippen molar-refractivity contribution in [3.8, 4) is 0 Å². The molecule has 0 bridgehead atoms. The zero-order valence-electron chi connectivity index (χ0n) is 15.2. The number of nitrogens with zero attached hydrogens (tertiary/aromatic N) is 2. The number of carbonyl (C=O) groups is 1. The monoisotopic (exact) mass is 399 g/mol. The number of thiazole rings is 1. The predicted octanol–water partition coefficient (Wildman–Crippen LogP) is 5.08. The quantitative estimate of drug-likeness (QED) is 0.665. The van der Waals surface area contributed by atoms with Crippen LogP contribution in [-0.4, -0.2) is 35.4 Å². The van der Waals surface area contributed by atoms with Crippen molar-refractivity contribution in [2.75, 3.05) is 25.0 Å². The second kappa shape index (κ2) is 7.97. The third-order valence-corrected chi connectivity index (χ3v) is 6.43. The summed E-state index contributed by atoms with van der Waals surface area (Å²) in [6.45, 7) is 4.19. The minimum absolute atomic E-state index is 0.0189. The van der Waals surface area contributed by atoms with E-state index in [1.807, 2.05) is 25.1 Å². The van der Waals surface area contributed by atoms with Gasteiger partial charge in [-0.2, -0.15) is 0 Å². The van der Waals surface area contributed by atoms with Gasteiger partial charge in [0.1, 0.15) is 0 Å². The molecule has 6 heteroatoms. The topological polar surface area (TPSA) is 45.2 Å². The number of hydrogen-bond acceptors (Lipinski definition) is 4. The van der Waals surface area contributed by atoms with Crippen LogP contribution in [0.3, 0.4) is 0 Å². The number of nitrogens with one attached hydrogen (secondary N) is 1. The average molecular weight is 400 g/mol. The zero-order chi connectivity index (χ0) is 18.8. The van der Waals surface area contributed by atoms with Gasteiger partial charge in [0.15, 0.2) is 0 Å². The van der Waals surface area contributed by atoms with Crippen LogP contribution >= 0.6 is 22.9 Å². The molecule has 3 aromatic rings. The highest BCUT2D eigenvalue weighted by atomic mass is 35.5. The number of para-hydroxylation sites is 1. The van der Waals surface area contributed by atoms with Gasteiger partial charge in [-0.1, -0.05) is 23.7 Å². The zero-order valence-corrected chi connectivity index (χ0v) is 16.8. The molecule has 0 radical (unpaired) electrons. The van der Waals surface area contributed by atoms with E-state index in [2.05, 4.69) is 28.4 Å². The smallest absolute Gasteiger partial charge is 0.238 e. The number of benzene rings is 2. The van der Waals surface area contributed by atoms with E-state index in [1.54, 1.807) is 17.4 Å². The molecule has 0 aliphatic carbocycles. The average Bonchev–Trinajstić information content (AvgIpc) is 3.08. The first kappa shape index (κ1) is 18.4. The van der Waals surface area contributed by atoms with Gasteiger partial charge in [0.2, 0.25) is 5.91 Å². The van der Waals surface area contributed by atoms with Gasteiger partial charge in [0.25, 0.3) is 0 Å². The summed E-state index contributed by atoms with van der Waals surface area (Å²) in [5.74, 6) is 0.423. The Labute approximate surface area is 168 Å². The first-order valence-electron chi connectivity index (χ1n) is 9.22. The van der Waals surface area contributed by atoms with Crippen LogP contribution in [0.5, 0.6) is 0 Å². The third-order valence-electron chi connectivity index (χ3n) is 4.99. The lowest BCUT2D eigenvalue weighted by Crippen LogP contribution is -2.39. The van der Waals surface area contributed by atoms with Crippen LogP contribution in [0, 0.1) is 6.92 Å². The van der Waals surface area contributed by atoms with Crippen LogP contribution in [0.25, 0.3) is 10.2 Å². The van der Waals surface area contributed by atoms with Crippen LogP contribution in [0.2, 0.25) is 5.02 Å². The molecule has 1 amide bonds. The van der Waals surface area contributed by atoms with E-state index in [9.17, 15) is 4.79 Å². The molecule has 1 saturated heterocycles. The first-order chi connectivity index (χ1) is 13.1. The number of aryl methyl sites for hydroxylation is 1. The van der Waals surface area contributed by atoms with Gasteiger partial charge < -0.3 is 5.32 Å². The maximum Gasteiger partial charge on any atom is 0.238 e. The SMILES string of the molecule is Cc1cc(Cl)ccc1NC(=O)CN1CCC[C@@H](c2nc3ccccc3s2)C1. The van der Waals surface area contributed by atoms with Crippen LogP contribution in [0.1, 0.15) is 29.3 Å². The Morgan fingerprint density at radius 3 is 3.00 bits per heavy atom. The maximum absolute atomic E-state index is 12.5. The summed E-state index contributed by atoms with van der Waals surface area (Å²) in [5, 5.41) is 4.88. The number of rotatable bonds is 4. The summed E-state index contributed by atoms with van der Waals surface area (Å²) in [6, 6.07) is 13.8. The summed E-state index contributed by atoms with van der Waals surface area (Å²) in [7, 11) is 0. The van der Waals surface area contributed by atoms with E-state index in [0.717, 1.165) is 42.7 Å². The molecular weight excluding hydrogens is 378 g/mol. The summed E-state index contributed by atoms with van der Waals surface area (Å²) in [5.41, 5.74) is 2.87. The summed E-state index contributed by atoms with van der Waals surface area (Å²) in [4.78, 5) is 19.6. The van der Waals surface area contributed by atoms with E-state index in [1.165, 1.54) is 9.71 Å². The van der Waals surface area contributed by atoms with Crippen molar-refractivity contribution in [1.29, 1.82) is 0 Å². The second-order valence-electron chi connectivity index (χ2n) is 7.10. The van der Waals surface area contributed by atoms with E-state index < -0.39 is 0 Å². The Bertz CT molecular complexity index is 938. The molecule has 1 fully saturated rings. The Balaban J connectivity index is 1.40. The van der Waals surface area contributed by atoms with Crippen molar-refractivity contribution in [3.05, 3.63) is 58.1 Å². The van der Waals surface area contributed by atoms with Crippen molar-refractivity contribution < 1.29 is 4.79 Å². The highest BCUT2D eigenvalue weighted by Gasteiger charge is 2.25. The number of amides is 1. The minimum Gasteiger partial charge on any atom is -0.325 e. The molecule has 2 aromatic carbocycles. The Morgan fingerprint density at radius 2 is 2.19 bits per heavy atom. The fourth-order valence-electron chi connectivity index (χ4n) is 3.63. The van der Waals surface area contributed by atoms with E-state index >= 15 is 0 Å². The Morgan fingerprint density at radius 1 is 1.33 bits per heavy atom. The highest BCUT2D eigenvalue weighted by Crippen LogP contribution is 2.32. The Kier molecular flexibility index (Phi) is 5.43. The summed E-state index contributed by atoms with van der Waals surface area (Å²) in [6.07, 6.45) is 2.22. The van der Waals surface area contributed by atoms with Crippen LogP contribution < -0.4 is 5.32 Å². The van der Waals surface area contributed by atoms with Crippen molar-refractivity contribution in [2.24, 2.45) is 0 Å². The standard InChI is InChI=1S/C21H22ClN3OS/c1-14-11-16(22)8-9-17(14)23-20(26)13-25-10-4-5-15(12-25)21-24-18-6-2-3-7-19(18)27-21/h2-3,6-9,11,15H,4-5,10,12-13H2,1H3,(H,23,26)/t15-/m1/s1. The molecule has 0 spiro atoms. The highest BCUT2D eigenvalue weighted by molar-refractivity contribution is 7.18. The number of likely N-dealkylation sites (tertiary alicyclic amines) is 1. The first-order valence-corrected chi connectivity index (χ1v) is 10.4. The number of carbonyl (C=O) groups excluding carboxylic acids is 1. The van der Waals surface area contributed by atoms with Crippen LogP contribution in [-0.2, 0) is 4.79 Å². The van der Waals surface area contributed by atoms with Gasteiger partial charge in [-0.3, -0.25) is 9.69 Å². The molecular formula is C21H22ClN3OS. The van der Waals surface area contributed by atoms with Gasteiger partial charge in [-0.05, 0) is 62.2 Å². The molecule has 4 nitrogen and oxygen atoms in total. The van der Waals surface area contributed by atoms with Gasteiger partial charge >= 0.3 is 0 Å². The molecule has 1 atom stereocenters. The number of hydrogen-bond donors (Lipinski definition) is 1. The molecule has 0 saturated carbocycles. The lowest BCUT2D eigenvalue weighted by Gasteiger charge is -2.31. The largest absolute Gasteiger partial charge is 0.325 e. The van der Waals surface area contributed by atoms with Gasteiger partial charge in [-0.15, -0.1) is 11.3 Å². The summed E-state index contributed by atoms with van der Waals surface area (Å²) < 4.78 is 1.24. The van der Waals surface area contributed by atoms with Gasteiger partial charge in [-0.25, -0.2) is 4.98 Å². The van der Waals surface area contributed by atoms with Crippen molar-refractivity contribution in [3.63, 3.8) is 0 Å². The second-order valence-corrected chi connectivity index (χ2v) is 8.60. The van der Waals surface area contributed by atoms with Crippen molar-refractivity contribution in [1.82, 2.24) is 9.88 Å². The number of piperidine rings is 1. The van der Waals surface area contributed by atoms with E-state index in [0.29, 0.717) is 17.5 Å². The number of fused-ring (bicyclic) bond motifs is 1. The minimum atomic E-state index is 0.0189. The fraction of sp³-hybridized carbons (Fsp3) is 0.333.